The summed E-state index contributed by atoms with van der Waals surface area (Å²) in [4.78, 5) is 0. The molecule has 4 rings (SSSR count). The molecule has 0 aromatic heterocycles. The summed E-state index contributed by atoms with van der Waals surface area (Å²) in [5.41, 5.74) is 11.7. The van der Waals surface area contributed by atoms with Crippen molar-refractivity contribution in [2.75, 3.05) is 0 Å². The van der Waals surface area contributed by atoms with E-state index in [2.05, 4.69) is 84.0 Å². The molecule has 0 unspecified atom stereocenters. The zero-order chi connectivity index (χ0) is 19.6. The molecule has 0 saturated heterocycles. The first kappa shape index (κ1) is 22.9. The molecule has 0 fully saturated rings. The number of benzene rings is 2. The Morgan fingerprint density at radius 3 is 2.14 bits per heavy atom. The molecule has 1 heteroatoms. The van der Waals surface area contributed by atoms with E-state index in [0.29, 0.717) is 0 Å². The summed E-state index contributed by atoms with van der Waals surface area (Å²) in [6, 6.07) is 13.2. The molecule has 0 heterocycles. The van der Waals surface area contributed by atoms with Crippen LogP contribution in [0.25, 0.3) is 16.3 Å². The number of hydrogen-bond donors (Lipinski definition) is 0. The van der Waals surface area contributed by atoms with Crippen molar-refractivity contribution >= 4 is 16.3 Å². The van der Waals surface area contributed by atoms with E-state index in [1.807, 2.05) is 0 Å². The monoisotopic (exact) mass is 536 g/mol. The minimum absolute atomic E-state index is 0. The number of unbranched alkanes of at least 4 members (excludes halogenated alkanes) is 1. The van der Waals surface area contributed by atoms with Gasteiger partial charge in [-0.1, -0.05) is 103 Å². The molecule has 28 heavy (non-hydrogen) atoms. The van der Waals surface area contributed by atoms with Crippen molar-refractivity contribution in [3.63, 3.8) is 0 Å². The molecule has 0 spiro atoms. The van der Waals surface area contributed by atoms with Gasteiger partial charge in [0.1, 0.15) is 0 Å². The summed E-state index contributed by atoms with van der Waals surface area (Å²) in [6.45, 7) is 13.2. The number of hydrogen-bond acceptors (Lipinski definition) is 0. The van der Waals surface area contributed by atoms with Gasteiger partial charge in [-0.05, 0) is 5.39 Å². The maximum absolute atomic E-state index is 3.57. The summed E-state index contributed by atoms with van der Waals surface area (Å²) in [7, 11) is 0. The normalized spacial score (nSPS) is 12.1. The van der Waals surface area contributed by atoms with Crippen LogP contribution in [0.4, 0.5) is 0 Å². The van der Waals surface area contributed by atoms with E-state index in [1.54, 1.807) is 0 Å². The molecule has 0 nitrogen and oxygen atoms in total. The minimum atomic E-state index is 0. The topological polar surface area (TPSA) is 0 Å². The molecule has 0 radical (unpaired) electrons. The van der Waals surface area contributed by atoms with E-state index in [4.69, 9.17) is 0 Å². The van der Waals surface area contributed by atoms with Gasteiger partial charge in [-0.2, -0.15) is 33.4 Å². The van der Waals surface area contributed by atoms with Crippen molar-refractivity contribution in [1.82, 2.24) is 0 Å². The largest absolute Gasteiger partial charge is 0.268 e. The van der Waals surface area contributed by atoms with Crippen molar-refractivity contribution in [3.05, 3.63) is 81.4 Å². The van der Waals surface area contributed by atoms with E-state index in [9.17, 15) is 0 Å². The van der Waals surface area contributed by atoms with Gasteiger partial charge in [0.05, 0.1) is 0 Å². The molecule has 1 aliphatic carbocycles. The Bertz CT molecular complexity index is 905. The van der Waals surface area contributed by atoms with Crippen molar-refractivity contribution in [1.29, 1.82) is 0 Å². The Morgan fingerprint density at radius 1 is 0.929 bits per heavy atom. The fourth-order valence-electron chi connectivity index (χ4n) is 4.08. The number of allylic oxidation sites excluding steroid dienone is 2. The fourth-order valence-corrected chi connectivity index (χ4v) is 4.08. The van der Waals surface area contributed by atoms with Crippen LogP contribution < -0.4 is 0 Å². The van der Waals surface area contributed by atoms with Gasteiger partial charge in [-0.3, -0.25) is 6.08 Å². The van der Waals surface area contributed by atoms with E-state index < -0.39 is 0 Å². The Hall–Kier alpha value is -1.34. The molecule has 0 amide bonds. The van der Waals surface area contributed by atoms with Crippen LogP contribution in [-0.2, 0) is 32.3 Å². The standard InChI is InChI=1S/C17H17.C10H15.Hf/c1-2-3-6-14-11-12-15-10-9-13-7-4-5-8-16(13)17(14)15;1-6-7(2)9(4)10(5)8(6)3;/h4-5,7-10H,2-3,6,12H2,1H3;1-5H3;/q2*-1;. The average molecular weight is 535 g/mol. The van der Waals surface area contributed by atoms with E-state index in [-0.39, 0.29) is 25.8 Å². The second kappa shape index (κ2) is 9.92. The molecule has 146 valence electrons. The second-order valence-corrected chi connectivity index (χ2v) is 7.88. The zero-order valence-electron chi connectivity index (χ0n) is 18.3. The predicted octanol–water partition coefficient (Wildman–Crippen LogP) is 7.72. The average Bonchev–Trinajstić information content (AvgIpc) is 3.19. The summed E-state index contributed by atoms with van der Waals surface area (Å²) in [5, 5.41) is 2.75. The summed E-state index contributed by atoms with van der Waals surface area (Å²) >= 11 is 0. The van der Waals surface area contributed by atoms with Gasteiger partial charge in [0.25, 0.3) is 0 Å². The van der Waals surface area contributed by atoms with Crippen molar-refractivity contribution in [2.45, 2.75) is 67.2 Å². The first-order valence-electron chi connectivity index (χ1n) is 10.3. The molecule has 3 aromatic carbocycles. The molecule has 0 N–H and O–H groups in total. The first-order valence-corrected chi connectivity index (χ1v) is 10.3. The van der Waals surface area contributed by atoms with Gasteiger partial charge in [-0.25, -0.2) is 5.57 Å². The maximum Gasteiger partial charge on any atom is 0 e. The van der Waals surface area contributed by atoms with E-state index in [0.717, 1.165) is 6.42 Å². The van der Waals surface area contributed by atoms with Crippen LogP contribution in [0.1, 0.15) is 65.1 Å². The molecule has 0 bridgehead atoms. The predicted molar refractivity (Wildman–Crippen MR) is 120 cm³/mol. The summed E-state index contributed by atoms with van der Waals surface area (Å²) < 4.78 is 0. The van der Waals surface area contributed by atoms with Gasteiger partial charge in [0, 0.05) is 25.8 Å². The summed E-state index contributed by atoms with van der Waals surface area (Å²) in [6.07, 6.45) is 8.27. The third-order valence-electron chi connectivity index (χ3n) is 6.40. The van der Waals surface area contributed by atoms with Crippen LogP contribution >= 0.6 is 0 Å². The Balaban J connectivity index is 0.000000221. The van der Waals surface area contributed by atoms with Gasteiger partial charge >= 0.3 is 0 Å². The van der Waals surface area contributed by atoms with Gasteiger partial charge in [0.2, 0.25) is 0 Å². The minimum Gasteiger partial charge on any atom is -0.268 e. The first-order chi connectivity index (χ1) is 13.0. The molecular formula is C27H32Hf-2. The van der Waals surface area contributed by atoms with Crippen LogP contribution in [0.15, 0.2) is 36.4 Å². The van der Waals surface area contributed by atoms with Crippen LogP contribution in [-0.4, -0.2) is 0 Å². The van der Waals surface area contributed by atoms with Gasteiger partial charge in [0.15, 0.2) is 0 Å². The van der Waals surface area contributed by atoms with Crippen molar-refractivity contribution in [2.24, 2.45) is 0 Å². The van der Waals surface area contributed by atoms with Crippen LogP contribution in [0, 0.1) is 40.7 Å². The molecule has 0 saturated carbocycles. The Labute approximate surface area is 190 Å². The maximum atomic E-state index is 3.57. The molecular weight excluding hydrogens is 503 g/mol. The third-order valence-corrected chi connectivity index (χ3v) is 6.40. The molecule has 1 aliphatic rings. The van der Waals surface area contributed by atoms with Crippen LogP contribution in [0.2, 0.25) is 0 Å². The van der Waals surface area contributed by atoms with Gasteiger partial charge in [-0.15, -0.1) is 12.0 Å². The van der Waals surface area contributed by atoms with Crippen LogP contribution in [0.3, 0.4) is 0 Å². The smallest absolute Gasteiger partial charge is 0 e. The Kier molecular flexibility index (Phi) is 8.13. The SMILES string of the molecule is CCCCC1=[C-]Cc2ccc3ccccc3c21.Cc1c(C)c(C)[c-](C)c1C.[Hf]. The third kappa shape index (κ3) is 4.46. The molecule has 3 aromatic rings. The summed E-state index contributed by atoms with van der Waals surface area (Å²) in [5.74, 6) is 0. The van der Waals surface area contributed by atoms with Crippen molar-refractivity contribution in [3.8, 4) is 0 Å². The van der Waals surface area contributed by atoms with Crippen molar-refractivity contribution < 1.29 is 25.8 Å². The Morgan fingerprint density at radius 2 is 1.57 bits per heavy atom. The fraction of sp³-hybridized carbons (Fsp3) is 0.370. The second-order valence-electron chi connectivity index (χ2n) is 7.88. The quantitative estimate of drug-likeness (QED) is 0.238. The number of fused-ring (bicyclic) bond motifs is 3. The van der Waals surface area contributed by atoms with E-state index >= 15 is 0 Å². The number of rotatable bonds is 3. The molecule has 0 aliphatic heterocycles. The van der Waals surface area contributed by atoms with Crippen LogP contribution in [0.5, 0.6) is 0 Å². The van der Waals surface area contributed by atoms with Gasteiger partial charge < -0.3 is 0 Å². The van der Waals surface area contributed by atoms with E-state index in [1.165, 1.54) is 74.6 Å². The molecule has 0 atom stereocenters. The zero-order valence-corrected chi connectivity index (χ0v) is 21.9.